The maximum absolute atomic E-state index is 14.2. The first-order valence-electron chi connectivity index (χ1n) is 20.9. The van der Waals surface area contributed by atoms with E-state index in [1.165, 1.54) is 5.57 Å². The number of aliphatic carboxylic acids is 1. The number of carbonyl (C=O) groups is 3. The molecule has 4 fully saturated rings. The van der Waals surface area contributed by atoms with Crippen LogP contribution in [0.1, 0.15) is 132 Å². The number of aromatic nitrogens is 3. The summed E-state index contributed by atoms with van der Waals surface area (Å²) < 4.78 is 13.7. The first kappa shape index (κ1) is 39.7. The minimum absolute atomic E-state index is 0.0392. The van der Waals surface area contributed by atoms with E-state index in [0.29, 0.717) is 36.4 Å². The summed E-state index contributed by atoms with van der Waals surface area (Å²) in [5, 5.41) is 19.1. The van der Waals surface area contributed by atoms with Crippen molar-refractivity contribution in [1.29, 1.82) is 0 Å². The number of Topliss-reactive ketones (excluding diaryl/α,β-unsaturated/α-hetero) is 1. The van der Waals surface area contributed by atoms with E-state index in [1.807, 2.05) is 24.3 Å². The maximum Gasteiger partial charge on any atom is 0.309 e. The zero-order chi connectivity index (χ0) is 40.1. The molecular weight excluding hydrogens is 691 g/mol. The van der Waals surface area contributed by atoms with E-state index in [0.717, 1.165) is 79.9 Å². The SMILES string of the molecule is COc1ccc(-c2nnc(C[C@@]34CC[C@]5(C)[C@H](CC[C@@H]6[C@@]7(C)CC[C@H](OC(=O)CC(C)(C)C(=O)O)C(C)(C)[C@@H]7CC[C@]65C)C3=C(C(C)C)C(=O)C4)n2C)cc1. The van der Waals surface area contributed by atoms with Crippen molar-refractivity contribution in [1.82, 2.24) is 14.8 Å². The molecule has 55 heavy (non-hydrogen) atoms. The summed E-state index contributed by atoms with van der Waals surface area (Å²) in [4.78, 5) is 39.2. The quantitative estimate of drug-likeness (QED) is 0.252. The van der Waals surface area contributed by atoms with Gasteiger partial charge in [0.05, 0.1) is 18.9 Å². The third kappa shape index (κ3) is 5.94. The van der Waals surface area contributed by atoms with Crippen LogP contribution in [-0.2, 0) is 32.6 Å². The first-order chi connectivity index (χ1) is 25.6. The molecule has 0 bridgehead atoms. The lowest BCUT2D eigenvalue weighted by atomic mass is 9.33. The number of hydrogen-bond donors (Lipinski definition) is 1. The summed E-state index contributed by atoms with van der Waals surface area (Å²) in [6.07, 6.45) is 9.15. The molecule has 0 amide bonds. The number of benzene rings is 1. The van der Waals surface area contributed by atoms with Crippen LogP contribution in [0.5, 0.6) is 5.75 Å². The van der Waals surface area contributed by atoms with Gasteiger partial charge in [0.1, 0.15) is 17.7 Å². The summed E-state index contributed by atoms with van der Waals surface area (Å²) in [6, 6.07) is 7.95. The number of hydrogen-bond acceptors (Lipinski definition) is 7. The van der Waals surface area contributed by atoms with Crippen molar-refractivity contribution >= 4 is 17.7 Å². The lowest BCUT2D eigenvalue weighted by Gasteiger charge is -2.72. The number of fused-ring (bicyclic) bond motifs is 7. The average Bonchev–Trinajstić information content (AvgIpc) is 3.61. The van der Waals surface area contributed by atoms with Gasteiger partial charge < -0.3 is 19.1 Å². The van der Waals surface area contributed by atoms with Crippen molar-refractivity contribution in [2.75, 3.05) is 7.11 Å². The Balaban J connectivity index is 1.18. The molecule has 300 valence electrons. The number of carbonyl (C=O) groups excluding carboxylic acids is 2. The summed E-state index contributed by atoms with van der Waals surface area (Å²) >= 11 is 0. The van der Waals surface area contributed by atoms with Gasteiger partial charge in [-0.2, -0.15) is 0 Å². The van der Waals surface area contributed by atoms with E-state index >= 15 is 0 Å². The van der Waals surface area contributed by atoms with Crippen molar-refractivity contribution < 1.29 is 29.0 Å². The standard InChI is InChI=1S/C46H65N3O6/c1-27(2)37-31(50)24-46(25-35-47-48-39(49(35)10)28-12-14-29(54-11)15-13-28)23-22-44(8)30(38(37)46)16-17-33-43(7)20-19-34(55-36(51)26-41(3,4)40(52)53)42(5,6)32(43)18-21-45(33,44)9/h12-15,27,30,32-34H,16-26H2,1-11H3,(H,52,53)/t30-,32+,33-,34+,43+,44-,45-,46+/m1/s1. The molecule has 2 aromatic rings. The summed E-state index contributed by atoms with van der Waals surface area (Å²) in [6.45, 7) is 19.9. The normalized spacial score (nSPS) is 35.5. The number of methoxy groups -OCH3 is 1. The highest BCUT2D eigenvalue weighted by molar-refractivity contribution is 6.00. The van der Waals surface area contributed by atoms with E-state index in [9.17, 15) is 19.5 Å². The lowest BCUT2D eigenvalue weighted by Crippen LogP contribution is -2.65. The third-order valence-corrected chi connectivity index (χ3v) is 16.8. The van der Waals surface area contributed by atoms with Crippen molar-refractivity contribution in [3.8, 4) is 17.1 Å². The van der Waals surface area contributed by atoms with Crippen LogP contribution < -0.4 is 4.74 Å². The van der Waals surface area contributed by atoms with Crippen molar-refractivity contribution in [3.05, 3.63) is 41.2 Å². The zero-order valence-corrected chi connectivity index (χ0v) is 35.3. The van der Waals surface area contributed by atoms with E-state index in [1.54, 1.807) is 21.0 Å². The zero-order valence-electron chi connectivity index (χ0n) is 35.3. The number of allylic oxidation sites excluding steroid dienone is 2. The highest BCUT2D eigenvalue weighted by Crippen LogP contribution is 2.77. The molecule has 1 heterocycles. The summed E-state index contributed by atoms with van der Waals surface area (Å²) in [7, 11) is 3.73. The number of ketones is 1. The van der Waals surface area contributed by atoms with Crippen molar-refractivity contribution in [3.63, 3.8) is 0 Å². The van der Waals surface area contributed by atoms with Crippen LogP contribution in [-0.4, -0.2) is 50.8 Å². The van der Waals surface area contributed by atoms with Crippen LogP contribution >= 0.6 is 0 Å². The Bertz CT molecular complexity index is 1910. The van der Waals surface area contributed by atoms with Gasteiger partial charge in [0, 0.05) is 36.3 Å². The van der Waals surface area contributed by atoms with E-state index in [2.05, 4.69) is 65.2 Å². The molecule has 0 unspecified atom stereocenters. The van der Waals surface area contributed by atoms with Crippen molar-refractivity contribution in [2.45, 2.75) is 139 Å². The van der Waals surface area contributed by atoms with Gasteiger partial charge in [-0.3, -0.25) is 14.4 Å². The van der Waals surface area contributed by atoms with Gasteiger partial charge in [0.25, 0.3) is 0 Å². The van der Waals surface area contributed by atoms with Crippen LogP contribution in [0.3, 0.4) is 0 Å². The minimum Gasteiger partial charge on any atom is -0.497 e. The molecule has 5 aliphatic rings. The van der Waals surface area contributed by atoms with Gasteiger partial charge in [-0.1, -0.05) is 54.0 Å². The van der Waals surface area contributed by atoms with Gasteiger partial charge in [-0.25, -0.2) is 0 Å². The second kappa shape index (κ2) is 13.3. The molecule has 1 N–H and O–H groups in total. The van der Waals surface area contributed by atoms with Gasteiger partial charge in [0.15, 0.2) is 11.6 Å². The Labute approximate surface area is 328 Å². The Kier molecular flexibility index (Phi) is 9.60. The number of carboxylic acids is 1. The molecule has 5 aliphatic carbocycles. The smallest absolute Gasteiger partial charge is 0.309 e. The molecule has 0 aliphatic heterocycles. The molecule has 4 saturated carbocycles. The molecule has 0 radical (unpaired) electrons. The number of esters is 1. The molecule has 0 saturated heterocycles. The predicted octanol–water partition coefficient (Wildman–Crippen LogP) is 9.43. The van der Waals surface area contributed by atoms with E-state index in [-0.39, 0.29) is 45.5 Å². The van der Waals surface area contributed by atoms with Crippen LogP contribution in [0.25, 0.3) is 11.4 Å². The van der Waals surface area contributed by atoms with E-state index in [4.69, 9.17) is 14.6 Å². The molecule has 9 heteroatoms. The fraction of sp³-hybridized carbons (Fsp3) is 0.717. The first-order valence-corrected chi connectivity index (χ1v) is 20.9. The highest BCUT2D eigenvalue weighted by Gasteiger charge is 2.70. The van der Waals surface area contributed by atoms with Gasteiger partial charge in [-0.15, -0.1) is 10.2 Å². The fourth-order valence-electron chi connectivity index (χ4n) is 13.6. The monoisotopic (exact) mass is 755 g/mol. The molecule has 0 spiro atoms. The number of nitrogens with zero attached hydrogens (tertiary/aromatic N) is 3. The largest absolute Gasteiger partial charge is 0.497 e. The molecule has 8 atom stereocenters. The Morgan fingerprint density at radius 1 is 0.927 bits per heavy atom. The number of rotatable bonds is 9. The molecular formula is C46H65N3O6. The molecule has 1 aromatic heterocycles. The number of carboxylic acid groups (broad SMARTS) is 1. The lowest BCUT2D eigenvalue weighted by molar-refractivity contribution is -0.233. The Morgan fingerprint density at radius 3 is 2.25 bits per heavy atom. The van der Waals surface area contributed by atoms with Gasteiger partial charge in [0.2, 0.25) is 0 Å². The van der Waals surface area contributed by atoms with Crippen molar-refractivity contribution in [2.24, 2.45) is 63.2 Å². The maximum atomic E-state index is 14.2. The summed E-state index contributed by atoms with van der Waals surface area (Å²) in [5.74, 6) is 2.90. The predicted molar refractivity (Wildman–Crippen MR) is 212 cm³/mol. The fourth-order valence-corrected chi connectivity index (χ4v) is 13.6. The van der Waals surface area contributed by atoms with Crippen LogP contribution in [0.15, 0.2) is 35.4 Å². The summed E-state index contributed by atoms with van der Waals surface area (Å²) in [5.41, 5.74) is 2.09. The van der Waals surface area contributed by atoms with E-state index < -0.39 is 17.4 Å². The molecule has 7 rings (SSSR count). The average molecular weight is 756 g/mol. The Hall–Kier alpha value is -3.49. The minimum atomic E-state index is -1.16. The molecule has 9 nitrogen and oxygen atoms in total. The Morgan fingerprint density at radius 2 is 1.62 bits per heavy atom. The van der Waals surface area contributed by atoms with Crippen LogP contribution in [0.4, 0.5) is 0 Å². The highest BCUT2D eigenvalue weighted by atomic mass is 16.5. The third-order valence-electron chi connectivity index (χ3n) is 16.8. The topological polar surface area (TPSA) is 121 Å². The van der Waals surface area contributed by atoms with Crippen LogP contribution in [0, 0.1) is 56.2 Å². The second-order valence-corrected chi connectivity index (χ2v) is 20.6. The molecule has 1 aromatic carbocycles. The van der Waals surface area contributed by atoms with Gasteiger partial charge >= 0.3 is 11.9 Å². The second-order valence-electron chi connectivity index (χ2n) is 20.6. The van der Waals surface area contributed by atoms with Gasteiger partial charge in [-0.05, 0) is 135 Å². The number of ether oxygens (including phenoxy) is 2. The van der Waals surface area contributed by atoms with Crippen LogP contribution in [0.2, 0.25) is 0 Å².